The largest absolute Gasteiger partial charge is 0.461 e. The van der Waals surface area contributed by atoms with Gasteiger partial charge in [-0.1, -0.05) is 242 Å². The molecule has 3 atom stereocenters. The number of hydrogen-bond donors (Lipinski definition) is 3. The monoisotopic (exact) mass is 784 g/mol. The molecule has 6 nitrogen and oxygen atoms in total. The summed E-state index contributed by atoms with van der Waals surface area (Å²) in [5.74, 6) is -0.605. The molecule has 3 N–H and O–H groups in total. The van der Waals surface area contributed by atoms with Gasteiger partial charge in [-0.15, -0.1) is 0 Å². The molecule has 3 unspecified atom stereocenters. The summed E-state index contributed by atoms with van der Waals surface area (Å²) in [6, 6.07) is -0.737. The molecule has 0 heterocycles. The average Bonchev–Trinajstić information content (AvgIpc) is 3.19. The Labute approximate surface area is 346 Å². The van der Waals surface area contributed by atoms with Crippen LogP contribution in [0.25, 0.3) is 0 Å². The smallest absolute Gasteiger partial charge is 0.306 e. The molecule has 0 radical (unpaired) electrons. The first-order valence-corrected chi connectivity index (χ1v) is 23.6. The molecule has 0 spiro atoms. The third-order valence-corrected chi connectivity index (χ3v) is 10.5. The molecule has 1 amide bonds. The van der Waals surface area contributed by atoms with Crippen LogP contribution in [0.4, 0.5) is 0 Å². The predicted octanol–water partition coefficient (Wildman–Crippen LogP) is 13.7. The molecule has 0 saturated heterocycles. The molecule has 0 bridgehead atoms. The van der Waals surface area contributed by atoms with E-state index in [-0.39, 0.29) is 24.9 Å². The van der Waals surface area contributed by atoms with Crippen molar-refractivity contribution in [2.24, 2.45) is 0 Å². The molecule has 0 rings (SSSR count). The fourth-order valence-corrected chi connectivity index (χ4v) is 6.92. The summed E-state index contributed by atoms with van der Waals surface area (Å²) in [4.78, 5) is 25.9. The second kappa shape index (κ2) is 43.7. The number of ether oxygens (including phenoxy) is 1. The molecule has 0 aromatic carbocycles. The van der Waals surface area contributed by atoms with Crippen LogP contribution in [0.15, 0.2) is 60.8 Å². The quantitative estimate of drug-likeness (QED) is 0.0326. The highest BCUT2D eigenvalue weighted by molar-refractivity contribution is 5.77. The van der Waals surface area contributed by atoms with Crippen molar-refractivity contribution in [2.45, 2.75) is 238 Å². The van der Waals surface area contributed by atoms with Gasteiger partial charge in [-0.2, -0.15) is 0 Å². The Balaban J connectivity index is 4.68. The van der Waals surface area contributed by atoms with Gasteiger partial charge >= 0.3 is 5.97 Å². The zero-order valence-corrected chi connectivity index (χ0v) is 36.8. The second-order valence-electron chi connectivity index (χ2n) is 15.9. The van der Waals surface area contributed by atoms with Crippen LogP contribution in [-0.2, 0) is 14.3 Å². The van der Waals surface area contributed by atoms with Gasteiger partial charge in [0.2, 0.25) is 5.91 Å². The fraction of sp³-hybridized carbons (Fsp3) is 0.760. The number of esters is 1. The highest BCUT2D eigenvalue weighted by atomic mass is 16.5. The maximum atomic E-state index is 13.1. The van der Waals surface area contributed by atoms with Crippen LogP contribution in [0.3, 0.4) is 0 Å². The van der Waals surface area contributed by atoms with Crippen molar-refractivity contribution in [1.29, 1.82) is 0 Å². The third kappa shape index (κ3) is 38.4. The number of rotatable bonds is 41. The van der Waals surface area contributed by atoms with E-state index < -0.39 is 18.2 Å². The minimum atomic E-state index is -0.816. The molecule has 0 aromatic rings. The van der Waals surface area contributed by atoms with Crippen LogP contribution in [-0.4, -0.2) is 46.9 Å². The molecule has 56 heavy (non-hydrogen) atoms. The van der Waals surface area contributed by atoms with Gasteiger partial charge in [0.25, 0.3) is 0 Å². The van der Waals surface area contributed by atoms with Gasteiger partial charge in [0.05, 0.1) is 25.2 Å². The highest BCUT2D eigenvalue weighted by Gasteiger charge is 2.23. The number of carbonyl (C=O) groups excluding carboxylic acids is 2. The van der Waals surface area contributed by atoms with E-state index in [1.165, 1.54) is 128 Å². The Bertz CT molecular complexity index is 1010. The minimum absolute atomic E-state index is 0.0175. The molecule has 0 saturated carbocycles. The summed E-state index contributed by atoms with van der Waals surface area (Å²) < 4.78 is 5.82. The number of nitrogens with one attached hydrogen (secondary N) is 1. The van der Waals surface area contributed by atoms with Crippen molar-refractivity contribution in [3.05, 3.63) is 60.8 Å². The van der Waals surface area contributed by atoms with Gasteiger partial charge in [0.15, 0.2) is 0 Å². The van der Waals surface area contributed by atoms with Gasteiger partial charge in [-0.25, -0.2) is 0 Å². The van der Waals surface area contributed by atoms with Crippen molar-refractivity contribution >= 4 is 11.9 Å². The SMILES string of the molecule is CC/C=C/C=C/C=C\C=C/C=C/CC(CC(=O)NC(CO)C(O)CCCCCCCCCCCCCC)OC(=O)CCCCCCCCCCCCCCCC. The number of carbonyl (C=O) groups is 2. The zero-order chi connectivity index (χ0) is 41.0. The van der Waals surface area contributed by atoms with Crippen LogP contribution in [0, 0.1) is 0 Å². The highest BCUT2D eigenvalue weighted by Crippen LogP contribution is 2.16. The molecule has 0 aliphatic carbocycles. The number of aliphatic hydroxyl groups excluding tert-OH is 2. The van der Waals surface area contributed by atoms with Gasteiger partial charge < -0.3 is 20.3 Å². The topological polar surface area (TPSA) is 95.9 Å². The van der Waals surface area contributed by atoms with E-state index in [0.717, 1.165) is 44.9 Å². The third-order valence-electron chi connectivity index (χ3n) is 10.5. The van der Waals surface area contributed by atoms with E-state index in [2.05, 4.69) is 32.2 Å². The first kappa shape index (κ1) is 53.6. The first-order chi connectivity index (χ1) is 27.5. The van der Waals surface area contributed by atoms with Gasteiger partial charge in [-0.05, 0) is 19.3 Å². The first-order valence-electron chi connectivity index (χ1n) is 23.6. The standard InChI is InChI=1S/C50H89NO5/c1-4-7-10-13-16-19-22-24-25-28-31-34-37-40-43-50(55)56-46(41-38-35-32-29-26-21-18-15-12-9-6-3)44-49(54)51-47(45-52)48(53)42-39-36-33-30-27-23-20-17-14-11-8-5-2/h9,12,15,18,21,26,29,32,35,38,46-48,52-53H,4-8,10-11,13-14,16-17,19-20,22-25,27-28,30-31,33-34,36-37,39-45H2,1-3H3,(H,51,54)/b12-9+,18-15+,26-21-,32-29-,38-35+. The fourth-order valence-electron chi connectivity index (χ4n) is 6.92. The van der Waals surface area contributed by atoms with Gasteiger partial charge in [-0.3, -0.25) is 9.59 Å². The maximum absolute atomic E-state index is 13.1. The van der Waals surface area contributed by atoms with E-state index >= 15 is 0 Å². The molecule has 6 heteroatoms. The number of allylic oxidation sites excluding steroid dienone is 9. The molecular formula is C50H89NO5. The summed E-state index contributed by atoms with van der Waals surface area (Å²) in [6.45, 7) is 6.29. The Morgan fingerprint density at radius 3 is 1.36 bits per heavy atom. The molecule has 0 aliphatic heterocycles. The summed E-state index contributed by atoms with van der Waals surface area (Å²) in [7, 11) is 0. The van der Waals surface area contributed by atoms with Crippen molar-refractivity contribution in [3.63, 3.8) is 0 Å². The van der Waals surface area contributed by atoms with Gasteiger partial charge in [0.1, 0.15) is 6.10 Å². The van der Waals surface area contributed by atoms with Crippen LogP contribution >= 0.6 is 0 Å². The van der Waals surface area contributed by atoms with E-state index in [4.69, 9.17) is 4.74 Å². The number of amides is 1. The van der Waals surface area contributed by atoms with E-state index in [1.807, 2.05) is 54.7 Å². The number of aliphatic hydroxyl groups is 2. The lowest BCUT2D eigenvalue weighted by Gasteiger charge is -2.24. The second-order valence-corrected chi connectivity index (χ2v) is 15.9. The molecule has 0 fully saturated rings. The minimum Gasteiger partial charge on any atom is -0.461 e. The van der Waals surface area contributed by atoms with Crippen LogP contribution in [0.2, 0.25) is 0 Å². The Kier molecular flexibility index (Phi) is 41.8. The summed E-state index contributed by atoms with van der Waals surface area (Å²) >= 11 is 0. The zero-order valence-electron chi connectivity index (χ0n) is 36.8. The Hall–Kier alpha value is -2.44. The van der Waals surface area contributed by atoms with Crippen molar-refractivity contribution < 1.29 is 24.5 Å². The van der Waals surface area contributed by atoms with E-state index in [9.17, 15) is 19.8 Å². The van der Waals surface area contributed by atoms with Crippen molar-refractivity contribution in [2.75, 3.05) is 6.61 Å². The summed E-state index contributed by atoms with van der Waals surface area (Å²) in [6.07, 6.45) is 53.0. The molecular weight excluding hydrogens is 695 g/mol. The number of unbranched alkanes of at least 4 members (excludes halogenated alkanes) is 24. The lowest BCUT2D eigenvalue weighted by atomic mass is 10.0. The van der Waals surface area contributed by atoms with Crippen molar-refractivity contribution in [1.82, 2.24) is 5.32 Å². The molecule has 0 aliphatic rings. The average molecular weight is 784 g/mol. The van der Waals surface area contributed by atoms with Crippen LogP contribution < -0.4 is 5.32 Å². The molecule has 324 valence electrons. The number of hydrogen-bond acceptors (Lipinski definition) is 5. The maximum Gasteiger partial charge on any atom is 0.306 e. The predicted molar refractivity (Wildman–Crippen MR) is 241 cm³/mol. The Morgan fingerprint density at radius 1 is 0.536 bits per heavy atom. The van der Waals surface area contributed by atoms with Gasteiger partial charge in [0, 0.05) is 12.8 Å². The van der Waals surface area contributed by atoms with Crippen molar-refractivity contribution in [3.8, 4) is 0 Å². The lowest BCUT2D eigenvalue weighted by Crippen LogP contribution is -2.46. The van der Waals surface area contributed by atoms with E-state index in [1.54, 1.807) is 0 Å². The van der Waals surface area contributed by atoms with E-state index in [0.29, 0.717) is 19.3 Å². The lowest BCUT2D eigenvalue weighted by molar-refractivity contribution is -0.150. The van der Waals surface area contributed by atoms with Crippen LogP contribution in [0.1, 0.15) is 220 Å². The Morgan fingerprint density at radius 2 is 0.929 bits per heavy atom. The summed E-state index contributed by atoms with van der Waals surface area (Å²) in [5, 5.41) is 23.6. The molecule has 0 aromatic heterocycles. The summed E-state index contributed by atoms with van der Waals surface area (Å²) in [5.41, 5.74) is 0. The van der Waals surface area contributed by atoms with Crippen LogP contribution in [0.5, 0.6) is 0 Å². The normalized spacial score (nSPS) is 13.9.